The van der Waals surface area contributed by atoms with E-state index in [9.17, 15) is 9.90 Å². The van der Waals surface area contributed by atoms with Gasteiger partial charge in [0.15, 0.2) is 0 Å². The maximum absolute atomic E-state index is 11.8. The van der Waals surface area contributed by atoms with E-state index in [0.717, 1.165) is 62.4 Å². The number of hydrogen-bond donors (Lipinski definition) is 2. The van der Waals surface area contributed by atoms with Gasteiger partial charge in [-0.1, -0.05) is 0 Å². The number of aliphatic hydroxyl groups excluding tert-OH is 1. The van der Waals surface area contributed by atoms with E-state index in [-0.39, 0.29) is 12.0 Å². The van der Waals surface area contributed by atoms with Crippen molar-refractivity contribution in [2.45, 2.75) is 43.7 Å². The molecule has 1 aliphatic carbocycles. The van der Waals surface area contributed by atoms with Gasteiger partial charge in [-0.2, -0.15) is 0 Å². The Labute approximate surface area is 137 Å². The normalized spacial score (nSPS) is 20.8. The monoisotopic (exact) mass is 318 g/mol. The van der Waals surface area contributed by atoms with E-state index in [2.05, 4.69) is 15.9 Å². The quantitative estimate of drug-likeness (QED) is 0.832. The Bertz CT molecular complexity index is 590. The van der Waals surface area contributed by atoms with Crippen molar-refractivity contribution in [3.05, 3.63) is 23.5 Å². The Balaban J connectivity index is 1.91. The van der Waals surface area contributed by atoms with Gasteiger partial charge in [0.2, 0.25) is 5.91 Å². The number of aliphatic hydroxyl groups is 1. The Hall–Kier alpha value is -1.66. The zero-order valence-corrected chi connectivity index (χ0v) is 14.0. The summed E-state index contributed by atoms with van der Waals surface area (Å²) in [6.45, 7) is 2.39. The highest BCUT2D eigenvalue weighted by atomic mass is 16.3. The third kappa shape index (κ3) is 3.19. The second kappa shape index (κ2) is 6.09. The second-order valence-electron chi connectivity index (χ2n) is 7.06. The molecule has 0 spiro atoms. The van der Waals surface area contributed by atoms with Crippen molar-refractivity contribution in [2.24, 2.45) is 5.73 Å². The zero-order valence-electron chi connectivity index (χ0n) is 14.0. The maximum Gasteiger partial charge on any atom is 0.229 e. The van der Waals surface area contributed by atoms with Crippen LogP contribution < -0.4 is 10.6 Å². The Kier molecular flexibility index (Phi) is 4.29. The average Bonchev–Trinajstić information content (AvgIpc) is 3.29. The molecular formula is C17H26N4O2. The lowest BCUT2D eigenvalue weighted by molar-refractivity contribution is -0.120. The van der Waals surface area contributed by atoms with E-state index in [1.165, 1.54) is 0 Å². The lowest BCUT2D eigenvalue weighted by Gasteiger charge is -2.33. The van der Waals surface area contributed by atoms with Crippen LogP contribution in [0.1, 0.15) is 37.1 Å². The van der Waals surface area contributed by atoms with Gasteiger partial charge in [-0.25, -0.2) is 0 Å². The second-order valence-corrected chi connectivity index (χ2v) is 7.06. The molecule has 3 N–H and O–H groups in total. The molecule has 1 amide bonds. The molecule has 0 unspecified atom stereocenters. The highest BCUT2D eigenvalue weighted by Gasteiger charge is 2.51. The number of amides is 1. The zero-order chi connectivity index (χ0) is 16.6. The van der Waals surface area contributed by atoms with Gasteiger partial charge in [0.1, 0.15) is 0 Å². The summed E-state index contributed by atoms with van der Waals surface area (Å²) in [5, 5.41) is 9.71. The van der Waals surface area contributed by atoms with Crippen LogP contribution >= 0.6 is 0 Å². The summed E-state index contributed by atoms with van der Waals surface area (Å²) >= 11 is 0. The van der Waals surface area contributed by atoms with Crippen molar-refractivity contribution in [1.29, 1.82) is 0 Å². The molecule has 0 bridgehead atoms. The Morgan fingerprint density at radius 2 is 2.04 bits per heavy atom. The number of primary amides is 1. The number of carbonyl (C=O) groups excluding carboxylic acids is 1. The number of carbonyl (C=O) groups is 1. The lowest BCUT2D eigenvalue weighted by Crippen LogP contribution is -2.37. The molecule has 0 radical (unpaired) electrons. The predicted octanol–water partition coefficient (Wildman–Crippen LogP) is 0.621. The van der Waals surface area contributed by atoms with Gasteiger partial charge in [0.05, 0.1) is 28.6 Å². The first-order valence-corrected chi connectivity index (χ1v) is 8.30. The number of aromatic nitrogens is 1. The summed E-state index contributed by atoms with van der Waals surface area (Å²) in [4.78, 5) is 21.0. The fraction of sp³-hybridized carbons (Fsp3) is 0.647. The summed E-state index contributed by atoms with van der Waals surface area (Å²) < 4.78 is 0. The number of rotatable bonds is 5. The highest BCUT2D eigenvalue weighted by molar-refractivity contribution is 5.89. The molecule has 6 nitrogen and oxygen atoms in total. The van der Waals surface area contributed by atoms with Gasteiger partial charge in [-0.05, 0) is 51.9 Å². The summed E-state index contributed by atoms with van der Waals surface area (Å²) in [7, 11) is 4.03. The Morgan fingerprint density at radius 1 is 1.39 bits per heavy atom. The molecule has 6 heteroatoms. The van der Waals surface area contributed by atoms with Crippen molar-refractivity contribution in [3.8, 4) is 0 Å². The van der Waals surface area contributed by atoms with Gasteiger partial charge in [0, 0.05) is 19.6 Å². The van der Waals surface area contributed by atoms with Crippen LogP contribution in [0.2, 0.25) is 0 Å². The van der Waals surface area contributed by atoms with E-state index < -0.39 is 5.41 Å². The molecule has 1 aromatic rings. The van der Waals surface area contributed by atoms with Gasteiger partial charge < -0.3 is 20.6 Å². The van der Waals surface area contributed by atoms with Crippen molar-refractivity contribution < 1.29 is 9.90 Å². The van der Waals surface area contributed by atoms with Crippen LogP contribution in [0.15, 0.2) is 12.1 Å². The summed E-state index contributed by atoms with van der Waals surface area (Å²) in [6, 6.07) is 4.03. The highest BCUT2D eigenvalue weighted by Crippen LogP contribution is 2.47. The summed E-state index contributed by atoms with van der Waals surface area (Å²) in [5.74, 6) is -0.269. The smallest absolute Gasteiger partial charge is 0.229 e. The molecule has 23 heavy (non-hydrogen) atoms. The van der Waals surface area contributed by atoms with Crippen LogP contribution in [-0.2, 0) is 16.8 Å². The minimum Gasteiger partial charge on any atom is -0.393 e. The van der Waals surface area contributed by atoms with Crippen LogP contribution in [0.25, 0.3) is 0 Å². The van der Waals surface area contributed by atoms with E-state index in [0.29, 0.717) is 0 Å². The molecule has 1 saturated carbocycles. The molecule has 1 aliphatic heterocycles. The number of anilines is 1. The fourth-order valence-corrected chi connectivity index (χ4v) is 3.32. The van der Waals surface area contributed by atoms with Crippen LogP contribution in [0.4, 0.5) is 5.69 Å². The largest absolute Gasteiger partial charge is 0.393 e. The molecular weight excluding hydrogens is 292 g/mol. The maximum atomic E-state index is 11.8. The summed E-state index contributed by atoms with van der Waals surface area (Å²) in [5.41, 5.74) is 7.94. The predicted molar refractivity (Wildman–Crippen MR) is 89.2 cm³/mol. The van der Waals surface area contributed by atoms with Crippen molar-refractivity contribution in [2.75, 3.05) is 32.1 Å². The number of nitrogens with two attached hydrogens (primary N) is 1. The van der Waals surface area contributed by atoms with Gasteiger partial charge in [-0.3, -0.25) is 9.78 Å². The van der Waals surface area contributed by atoms with Crippen LogP contribution in [0.5, 0.6) is 0 Å². The minimum atomic E-state index is -0.544. The molecule has 1 saturated heterocycles. The molecule has 2 fully saturated rings. The number of pyridine rings is 1. The topological polar surface area (TPSA) is 82.7 Å². The standard InChI is InChI=1S/C17H26N4O2/c1-20(2)11-13-14(21-9-5-12(22)6-10-21)3-4-15(19-13)17(7-8-17)16(18)23/h3-4,12,22H,5-11H2,1-2H3,(H2,18,23). The lowest BCUT2D eigenvalue weighted by atomic mass is 9.99. The fourth-order valence-electron chi connectivity index (χ4n) is 3.32. The molecule has 2 aliphatic rings. The average molecular weight is 318 g/mol. The van der Waals surface area contributed by atoms with Crippen LogP contribution in [0, 0.1) is 0 Å². The molecule has 2 heterocycles. The van der Waals surface area contributed by atoms with Gasteiger partial charge in [-0.15, -0.1) is 0 Å². The van der Waals surface area contributed by atoms with Crippen LogP contribution in [0.3, 0.4) is 0 Å². The number of piperidine rings is 1. The van der Waals surface area contributed by atoms with Crippen molar-refractivity contribution in [1.82, 2.24) is 9.88 Å². The first kappa shape index (κ1) is 16.2. The molecule has 0 atom stereocenters. The van der Waals surface area contributed by atoms with Crippen LogP contribution in [-0.4, -0.2) is 54.2 Å². The van der Waals surface area contributed by atoms with E-state index in [4.69, 9.17) is 10.7 Å². The first-order valence-electron chi connectivity index (χ1n) is 8.30. The van der Waals surface area contributed by atoms with Gasteiger partial charge >= 0.3 is 0 Å². The third-order valence-corrected chi connectivity index (χ3v) is 4.93. The van der Waals surface area contributed by atoms with Crippen molar-refractivity contribution in [3.63, 3.8) is 0 Å². The third-order valence-electron chi connectivity index (χ3n) is 4.93. The molecule has 0 aromatic carbocycles. The van der Waals surface area contributed by atoms with E-state index >= 15 is 0 Å². The SMILES string of the molecule is CN(C)Cc1nc(C2(C(N)=O)CC2)ccc1N1CCC(O)CC1. The number of nitrogens with zero attached hydrogens (tertiary/aromatic N) is 3. The first-order chi connectivity index (χ1) is 10.9. The molecule has 1 aromatic heterocycles. The van der Waals surface area contributed by atoms with Gasteiger partial charge in [0.25, 0.3) is 0 Å². The molecule has 3 rings (SSSR count). The molecule has 126 valence electrons. The van der Waals surface area contributed by atoms with E-state index in [1.54, 1.807) is 0 Å². The Morgan fingerprint density at radius 3 is 2.57 bits per heavy atom. The van der Waals surface area contributed by atoms with E-state index in [1.807, 2.05) is 20.2 Å². The summed E-state index contributed by atoms with van der Waals surface area (Å²) in [6.07, 6.45) is 2.97. The number of hydrogen-bond acceptors (Lipinski definition) is 5. The van der Waals surface area contributed by atoms with Crippen molar-refractivity contribution >= 4 is 11.6 Å². The minimum absolute atomic E-state index is 0.194.